The second-order valence-corrected chi connectivity index (χ2v) is 4.87. The van der Waals surface area contributed by atoms with Crippen molar-refractivity contribution in [3.8, 4) is 5.75 Å². The van der Waals surface area contributed by atoms with Crippen LogP contribution in [0.5, 0.6) is 5.75 Å². The SMILES string of the molecule is O=C1C2CCC(CC2)C1Oc1ccccc1. The van der Waals surface area contributed by atoms with Crippen molar-refractivity contribution in [2.45, 2.75) is 31.8 Å². The molecular weight excluding hydrogens is 200 g/mol. The Morgan fingerprint density at radius 2 is 1.69 bits per heavy atom. The Morgan fingerprint density at radius 3 is 2.31 bits per heavy atom. The van der Waals surface area contributed by atoms with Crippen LogP contribution in [0.2, 0.25) is 0 Å². The third-order valence-corrected chi connectivity index (χ3v) is 3.89. The summed E-state index contributed by atoms with van der Waals surface area (Å²) in [6.07, 6.45) is 4.31. The Labute approximate surface area is 95.6 Å². The van der Waals surface area contributed by atoms with Crippen LogP contribution in [-0.2, 0) is 4.79 Å². The summed E-state index contributed by atoms with van der Waals surface area (Å²) >= 11 is 0. The van der Waals surface area contributed by atoms with Gasteiger partial charge < -0.3 is 4.74 Å². The Bertz CT molecular complexity index is 377. The molecule has 84 valence electrons. The van der Waals surface area contributed by atoms with Crippen LogP contribution < -0.4 is 4.74 Å². The first-order valence-corrected chi connectivity index (χ1v) is 6.10. The lowest BCUT2D eigenvalue weighted by Gasteiger charge is -2.40. The number of fused-ring (bicyclic) bond motifs is 3. The monoisotopic (exact) mass is 216 g/mol. The van der Waals surface area contributed by atoms with E-state index < -0.39 is 0 Å². The highest BCUT2D eigenvalue weighted by atomic mass is 16.5. The summed E-state index contributed by atoms with van der Waals surface area (Å²) in [5, 5.41) is 0. The minimum atomic E-state index is -0.171. The molecule has 16 heavy (non-hydrogen) atoms. The largest absolute Gasteiger partial charge is 0.482 e. The summed E-state index contributed by atoms with van der Waals surface area (Å²) in [7, 11) is 0. The van der Waals surface area contributed by atoms with Gasteiger partial charge in [-0.15, -0.1) is 0 Å². The smallest absolute Gasteiger partial charge is 0.176 e. The van der Waals surface area contributed by atoms with Gasteiger partial charge in [0, 0.05) is 11.8 Å². The van der Waals surface area contributed by atoms with E-state index in [1.807, 2.05) is 30.3 Å². The van der Waals surface area contributed by atoms with Crippen LogP contribution in [0.15, 0.2) is 30.3 Å². The predicted octanol–water partition coefficient (Wildman–Crippen LogP) is 2.82. The fourth-order valence-corrected chi connectivity index (χ4v) is 2.97. The molecule has 0 radical (unpaired) electrons. The van der Waals surface area contributed by atoms with Gasteiger partial charge in [-0.2, -0.15) is 0 Å². The molecule has 2 bridgehead atoms. The van der Waals surface area contributed by atoms with Gasteiger partial charge >= 0.3 is 0 Å². The Balaban J connectivity index is 1.78. The van der Waals surface area contributed by atoms with E-state index in [-0.39, 0.29) is 12.0 Å². The van der Waals surface area contributed by atoms with Crippen LogP contribution in [0.25, 0.3) is 0 Å². The normalized spacial score (nSPS) is 32.8. The van der Waals surface area contributed by atoms with Crippen molar-refractivity contribution in [1.82, 2.24) is 0 Å². The minimum absolute atomic E-state index is 0.171. The van der Waals surface area contributed by atoms with Crippen molar-refractivity contribution in [2.75, 3.05) is 0 Å². The molecule has 0 saturated heterocycles. The topological polar surface area (TPSA) is 26.3 Å². The van der Waals surface area contributed by atoms with Gasteiger partial charge in [0.05, 0.1) is 0 Å². The third kappa shape index (κ3) is 1.62. The maximum atomic E-state index is 12.1. The maximum absolute atomic E-state index is 12.1. The number of ether oxygens (including phenoxy) is 1. The van der Waals surface area contributed by atoms with Crippen molar-refractivity contribution in [2.24, 2.45) is 11.8 Å². The summed E-state index contributed by atoms with van der Waals surface area (Å²) in [4.78, 5) is 12.1. The number of rotatable bonds is 2. The van der Waals surface area contributed by atoms with Gasteiger partial charge in [-0.1, -0.05) is 18.2 Å². The van der Waals surface area contributed by atoms with Gasteiger partial charge in [-0.25, -0.2) is 0 Å². The van der Waals surface area contributed by atoms with E-state index in [0.717, 1.165) is 31.4 Å². The van der Waals surface area contributed by atoms with Crippen molar-refractivity contribution < 1.29 is 9.53 Å². The molecule has 1 unspecified atom stereocenters. The molecule has 0 heterocycles. The number of carbonyl (C=O) groups excluding carboxylic acids is 1. The zero-order valence-electron chi connectivity index (χ0n) is 9.26. The number of para-hydroxylation sites is 1. The number of Topliss-reactive ketones (excluding diaryl/α,β-unsaturated/α-hetero) is 1. The molecular formula is C14H16O2. The standard InChI is InChI=1S/C14H16O2/c15-13-10-6-8-11(9-7-10)14(13)16-12-4-2-1-3-5-12/h1-5,10-11,14H,6-9H2. The zero-order valence-corrected chi connectivity index (χ0v) is 9.26. The molecule has 3 fully saturated rings. The first kappa shape index (κ1) is 9.88. The zero-order chi connectivity index (χ0) is 11.0. The van der Waals surface area contributed by atoms with Gasteiger partial charge in [0.25, 0.3) is 0 Å². The van der Waals surface area contributed by atoms with E-state index in [9.17, 15) is 4.79 Å². The van der Waals surface area contributed by atoms with E-state index in [0.29, 0.717) is 11.7 Å². The van der Waals surface area contributed by atoms with E-state index in [1.54, 1.807) is 0 Å². The fraction of sp³-hybridized carbons (Fsp3) is 0.500. The third-order valence-electron chi connectivity index (χ3n) is 3.89. The summed E-state index contributed by atoms with van der Waals surface area (Å²) in [6.45, 7) is 0. The molecule has 0 aliphatic heterocycles. The molecule has 3 aliphatic rings. The molecule has 0 spiro atoms. The molecule has 2 nitrogen and oxygen atoms in total. The predicted molar refractivity (Wildman–Crippen MR) is 61.3 cm³/mol. The summed E-state index contributed by atoms with van der Waals surface area (Å²) in [5.74, 6) is 1.90. The lowest BCUT2D eigenvalue weighted by molar-refractivity contribution is -0.140. The van der Waals surface area contributed by atoms with Gasteiger partial charge in [0.2, 0.25) is 0 Å². The molecule has 2 heteroatoms. The number of benzene rings is 1. The molecule has 3 saturated carbocycles. The number of ketones is 1. The second-order valence-electron chi connectivity index (χ2n) is 4.87. The van der Waals surface area contributed by atoms with Crippen LogP contribution in [0.4, 0.5) is 0 Å². The highest BCUT2D eigenvalue weighted by Gasteiger charge is 2.43. The Kier molecular flexibility index (Phi) is 2.43. The Hall–Kier alpha value is -1.31. The molecule has 1 aromatic rings. The highest BCUT2D eigenvalue weighted by molar-refractivity contribution is 5.87. The van der Waals surface area contributed by atoms with Gasteiger partial charge in [0.15, 0.2) is 11.9 Å². The number of hydrogen-bond donors (Lipinski definition) is 0. The van der Waals surface area contributed by atoms with Crippen molar-refractivity contribution >= 4 is 5.78 Å². The second kappa shape index (κ2) is 3.93. The van der Waals surface area contributed by atoms with Crippen LogP contribution in [0.1, 0.15) is 25.7 Å². The van der Waals surface area contributed by atoms with E-state index >= 15 is 0 Å². The first-order valence-electron chi connectivity index (χ1n) is 6.10. The average Bonchev–Trinajstić information content (AvgIpc) is 2.36. The molecule has 0 aromatic heterocycles. The molecule has 4 rings (SSSR count). The van der Waals surface area contributed by atoms with Crippen LogP contribution in [-0.4, -0.2) is 11.9 Å². The summed E-state index contributed by atoms with van der Waals surface area (Å²) < 4.78 is 5.85. The minimum Gasteiger partial charge on any atom is -0.482 e. The highest BCUT2D eigenvalue weighted by Crippen LogP contribution is 2.40. The number of carbonyl (C=O) groups is 1. The van der Waals surface area contributed by atoms with Gasteiger partial charge in [0.1, 0.15) is 5.75 Å². The van der Waals surface area contributed by atoms with Crippen molar-refractivity contribution in [3.63, 3.8) is 0 Å². The lowest BCUT2D eigenvalue weighted by atomic mass is 9.68. The molecule has 1 atom stereocenters. The van der Waals surface area contributed by atoms with Gasteiger partial charge in [-0.3, -0.25) is 4.79 Å². The molecule has 0 amide bonds. The summed E-state index contributed by atoms with van der Waals surface area (Å²) in [5.41, 5.74) is 0. The van der Waals surface area contributed by atoms with E-state index in [1.165, 1.54) is 0 Å². The molecule has 0 N–H and O–H groups in total. The van der Waals surface area contributed by atoms with Crippen molar-refractivity contribution in [3.05, 3.63) is 30.3 Å². The van der Waals surface area contributed by atoms with Crippen LogP contribution >= 0.6 is 0 Å². The number of hydrogen-bond acceptors (Lipinski definition) is 2. The first-order chi connectivity index (χ1) is 7.84. The van der Waals surface area contributed by atoms with Gasteiger partial charge in [-0.05, 0) is 37.8 Å². The van der Waals surface area contributed by atoms with E-state index in [4.69, 9.17) is 4.74 Å². The maximum Gasteiger partial charge on any atom is 0.176 e. The fourth-order valence-electron chi connectivity index (χ4n) is 2.97. The van der Waals surface area contributed by atoms with E-state index in [2.05, 4.69) is 0 Å². The summed E-state index contributed by atoms with van der Waals surface area (Å²) in [6, 6.07) is 9.70. The molecule has 3 aliphatic carbocycles. The van der Waals surface area contributed by atoms with Crippen LogP contribution in [0.3, 0.4) is 0 Å². The van der Waals surface area contributed by atoms with Crippen LogP contribution in [0, 0.1) is 11.8 Å². The lowest BCUT2D eigenvalue weighted by Crippen LogP contribution is -2.47. The average molecular weight is 216 g/mol. The Morgan fingerprint density at radius 1 is 1.00 bits per heavy atom. The quantitative estimate of drug-likeness (QED) is 0.759. The van der Waals surface area contributed by atoms with Crippen molar-refractivity contribution in [1.29, 1.82) is 0 Å². The molecule has 1 aromatic carbocycles.